The van der Waals surface area contributed by atoms with Gasteiger partial charge in [0.2, 0.25) is 26.0 Å². The molecule has 0 aliphatic carbocycles. The first-order chi connectivity index (χ1) is 24.5. The van der Waals surface area contributed by atoms with E-state index in [9.17, 15) is 52.7 Å². The second kappa shape index (κ2) is 19.2. The van der Waals surface area contributed by atoms with Gasteiger partial charge in [-0.05, 0) is 77.7 Å². The largest absolute Gasteiger partial charge is 1.00 e. The molecule has 0 aromatic heterocycles. The predicted octanol–water partition coefficient (Wildman–Crippen LogP) is -2.67. The second-order valence-corrected chi connectivity index (χ2v) is 16.7. The number of aromatic hydroxyl groups is 1. The Bertz CT molecular complexity index is 2670. The van der Waals surface area contributed by atoms with Crippen molar-refractivity contribution in [3.05, 3.63) is 103 Å². The number of nitrogens with one attached hydrogen (secondary N) is 2. The van der Waals surface area contributed by atoms with Crippen LogP contribution < -0.4 is 80.0 Å². The molecule has 0 saturated carbocycles. The molecule has 55 heavy (non-hydrogen) atoms. The van der Waals surface area contributed by atoms with Gasteiger partial charge in [0, 0.05) is 24.5 Å². The quantitative estimate of drug-likeness (QED) is 0.0545. The van der Waals surface area contributed by atoms with E-state index in [2.05, 4.69) is 20.9 Å². The van der Waals surface area contributed by atoms with Crippen LogP contribution in [0.4, 0.5) is 22.7 Å². The van der Waals surface area contributed by atoms with Crippen molar-refractivity contribution in [3.8, 4) is 5.75 Å². The maximum Gasteiger partial charge on any atom is 1.00 e. The van der Waals surface area contributed by atoms with E-state index in [-0.39, 0.29) is 85.4 Å². The number of hydrogen-bond donors (Lipinski definition) is 5. The van der Waals surface area contributed by atoms with Crippen LogP contribution in [0.2, 0.25) is 0 Å². The van der Waals surface area contributed by atoms with Crippen LogP contribution in [0.15, 0.2) is 127 Å². The number of sulfonamides is 2. The van der Waals surface area contributed by atoms with Gasteiger partial charge >= 0.3 is 59.1 Å². The van der Waals surface area contributed by atoms with Crippen molar-refractivity contribution in [2.45, 2.75) is 33.1 Å². The summed E-state index contributed by atoms with van der Waals surface area (Å²) in [5.41, 5.74) is 0.668. The third kappa shape index (κ3) is 13.4. The predicted molar refractivity (Wildman–Crippen MR) is 189 cm³/mol. The van der Waals surface area contributed by atoms with Gasteiger partial charge < -0.3 is 24.8 Å². The Labute approximate surface area is 360 Å². The fourth-order valence-corrected chi connectivity index (χ4v) is 6.86. The standard InChI is InChI=1S/C18H16N4O10S3.C13H14N2O2S.2Na/c1-9(23)20-14-8-13-10(6-15(14)34(27,28)29)7-16(35(30,31)32)17(18(13)24)22-21-11-2-4-12(5-3-11)33(19,25)26;14-18(16,17)13-8-6-12(7-9-13)15-10-11-4-2-1-3-5-11;;/h2-8,24H,1H3,(H,20,23)(H2,19,25,26)(H,27,28,29)(H,30,31,32);1-9,15H,10H2,(H2,14,16,17);;/q;;2*+1/p-2. The van der Waals surface area contributed by atoms with Gasteiger partial charge in [-0.2, -0.15) is 5.11 Å². The third-order valence-corrected chi connectivity index (χ3v) is 10.5. The van der Waals surface area contributed by atoms with Crippen LogP contribution in [-0.4, -0.2) is 53.8 Å². The van der Waals surface area contributed by atoms with E-state index in [1.807, 2.05) is 30.3 Å². The number of nitrogens with two attached hydrogens (primary N) is 2. The fourth-order valence-electron chi connectivity index (χ4n) is 4.53. The van der Waals surface area contributed by atoms with Gasteiger partial charge in [0.25, 0.3) is 0 Å². The van der Waals surface area contributed by atoms with E-state index in [1.54, 1.807) is 12.1 Å². The molecule has 1 amide bonds. The summed E-state index contributed by atoms with van der Waals surface area (Å²) in [6.07, 6.45) is 0. The number of amides is 1. The normalized spacial score (nSPS) is 11.8. The minimum Gasteiger partial charge on any atom is -0.744 e. The molecule has 5 aromatic rings. The van der Waals surface area contributed by atoms with Crippen LogP contribution in [0.25, 0.3) is 10.8 Å². The van der Waals surface area contributed by atoms with Gasteiger partial charge in [-0.25, -0.2) is 43.9 Å². The molecule has 5 aromatic carbocycles. The van der Waals surface area contributed by atoms with E-state index in [4.69, 9.17) is 10.3 Å². The Morgan fingerprint density at radius 1 is 0.709 bits per heavy atom. The van der Waals surface area contributed by atoms with Crippen LogP contribution in [0.5, 0.6) is 5.75 Å². The van der Waals surface area contributed by atoms with Crippen molar-refractivity contribution in [1.82, 2.24) is 0 Å². The van der Waals surface area contributed by atoms with E-state index in [0.717, 1.165) is 48.5 Å². The fraction of sp³-hybridized carbons (Fsp3) is 0.0645. The molecule has 0 aliphatic rings. The Kier molecular flexibility index (Phi) is 16.7. The summed E-state index contributed by atoms with van der Waals surface area (Å²) in [5.74, 6) is -1.68. The average molecular weight is 851 g/mol. The maximum absolute atomic E-state index is 11.8. The number of rotatable bonds is 10. The SMILES string of the molecule is CC(=O)Nc1cc2c(O)c(N=Nc3ccc(S(N)(=O)=O)cc3)c(S(=O)(=O)[O-])cc2cc1S(=O)(=O)[O-].NS(=O)(=O)c1ccc(NCc2ccccc2)cc1.[Na+].[Na+]. The molecule has 0 radical (unpaired) electrons. The number of phenolic OH excluding ortho intramolecular Hbond substituents is 1. The average Bonchev–Trinajstić information content (AvgIpc) is 3.06. The molecule has 0 unspecified atom stereocenters. The van der Waals surface area contributed by atoms with Crippen molar-refractivity contribution in [2.24, 2.45) is 20.5 Å². The number of hydrogen-bond acceptors (Lipinski definition) is 15. The molecule has 7 N–H and O–H groups in total. The first-order valence-corrected chi connectivity index (χ1v) is 20.4. The molecule has 5 rings (SSSR count). The Balaban J connectivity index is 0.000000441. The molecule has 0 fully saturated rings. The molecular formula is C31H28N6Na2O12S4. The number of azo groups is 1. The molecule has 24 heteroatoms. The van der Waals surface area contributed by atoms with Crippen molar-refractivity contribution in [1.29, 1.82) is 0 Å². The molecule has 18 nitrogen and oxygen atoms in total. The van der Waals surface area contributed by atoms with Gasteiger partial charge in [-0.3, -0.25) is 4.79 Å². The van der Waals surface area contributed by atoms with E-state index in [1.165, 1.54) is 12.1 Å². The molecule has 0 heterocycles. The molecule has 280 valence electrons. The summed E-state index contributed by atoms with van der Waals surface area (Å²) >= 11 is 0. The van der Waals surface area contributed by atoms with E-state index in [0.29, 0.717) is 18.7 Å². The first kappa shape index (κ1) is 47.8. The topological polar surface area (TPSA) is 321 Å². The van der Waals surface area contributed by atoms with Gasteiger partial charge in [0.15, 0.2) is 5.75 Å². The van der Waals surface area contributed by atoms with Crippen molar-refractivity contribution < 1.29 is 112 Å². The number of nitrogens with zero attached hydrogens (tertiary/aromatic N) is 2. The van der Waals surface area contributed by atoms with Gasteiger partial charge in [0.05, 0.1) is 31.0 Å². The number of anilines is 2. The zero-order valence-corrected chi connectivity index (χ0v) is 36.3. The number of fused-ring (bicyclic) bond motifs is 1. The summed E-state index contributed by atoms with van der Waals surface area (Å²) in [7, 11) is -18.1. The summed E-state index contributed by atoms with van der Waals surface area (Å²) < 4.78 is 115. The molecule has 0 atom stereocenters. The zero-order chi connectivity index (χ0) is 39.4. The van der Waals surface area contributed by atoms with Gasteiger partial charge in [0.1, 0.15) is 25.9 Å². The molecule has 0 saturated heterocycles. The number of benzene rings is 5. The Hall–Kier alpha value is -3.33. The second-order valence-electron chi connectivity index (χ2n) is 10.9. The van der Waals surface area contributed by atoms with Crippen LogP contribution in [-0.2, 0) is 51.6 Å². The smallest absolute Gasteiger partial charge is 0.744 e. The number of carbonyl (C=O) groups is 1. The zero-order valence-electron chi connectivity index (χ0n) is 29.1. The van der Waals surface area contributed by atoms with Gasteiger partial charge in [-0.1, -0.05) is 30.3 Å². The van der Waals surface area contributed by atoms with Crippen LogP contribution in [0, 0.1) is 0 Å². The monoisotopic (exact) mass is 850 g/mol. The van der Waals surface area contributed by atoms with E-state index >= 15 is 0 Å². The summed E-state index contributed by atoms with van der Waals surface area (Å²) in [6, 6.07) is 23.1. The van der Waals surface area contributed by atoms with Crippen molar-refractivity contribution >= 4 is 79.7 Å². The third-order valence-electron chi connectivity index (χ3n) is 6.95. The minimum atomic E-state index is -5.31. The van der Waals surface area contributed by atoms with E-state index < -0.39 is 73.1 Å². The van der Waals surface area contributed by atoms with Crippen molar-refractivity contribution in [2.75, 3.05) is 10.6 Å². The Morgan fingerprint density at radius 3 is 1.67 bits per heavy atom. The van der Waals surface area contributed by atoms with Crippen LogP contribution >= 0.6 is 0 Å². The number of primary sulfonamides is 2. The summed E-state index contributed by atoms with van der Waals surface area (Å²) in [5, 5.41) is 32.7. The molecule has 0 aliphatic heterocycles. The number of carbonyl (C=O) groups excluding carboxylic acids is 1. The van der Waals surface area contributed by atoms with Crippen LogP contribution in [0.3, 0.4) is 0 Å². The van der Waals surface area contributed by atoms with Crippen molar-refractivity contribution in [3.63, 3.8) is 0 Å². The Morgan fingerprint density at radius 2 is 1.20 bits per heavy atom. The number of phenols is 1. The van der Waals surface area contributed by atoms with Gasteiger partial charge in [-0.15, -0.1) is 5.11 Å². The minimum absolute atomic E-state index is 0. The maximum atomic E-state index is 11.8. The molecular weight excluding hydrogens is 823 g/mol. The first-order valence-electron chi connectivity index (χ1n) is 14.5. The summed E-state index contributed by atoms with van der Waals surface area (Å²) in [4.78, 5) is 9.29. The van der Waals surface area contributed by atoms with Crippen LogP contribution in [0.1, 0.15) is 12.5 Å². The molecule has 0 bridgehead atoms. The molecule has 0 spiro atoms. The summed E-state index contributed by atoms with van der Waals surface area (Å²) in [6.45, 7) is 1.72.